The average Bonchev–Trinajstić information content (AvgIpc) is 2.45. The molecule has 8 heteroatoms. The van der Waals surface area contributed by atoms with Gasteiger partial charge in [-0.15, -0.1) is 0 Å². The predicted molar refractivity (Wildman–Crippen MR) is 95.7 cm³/mol. The lowest BCUT2D eigenvalue weighted by molar-refractivity contribution is -0.132. The smallest absolute Gasteiger partial charge is 0.312 e. The van der Waals surface area contributed by atoms with Crippen molar-refractivity contribution in [1.82, 2.24) is 16.0 Å². The minimum absolute atomic E-state index is 0.118. The summed E-state index contributed by atoms with van der Waals surface area (Å²) in [5.41, 5.74) is 4.78. The molecule has 0 aromatic carbocycles. The molecule has 144 valence electrons. The van der Waals surface area contributed by atoms with Crippen LogP contribution in [0.5, 0.6) is 0 Å². The van der Waals surface area contributed by atoms with Crippen LogP contribution in [0.1, 0.15) is 53.9 Å². The third-order valence-electron chi connectivity index (χ3n) is 3.44. The third kappa shape index (κ3) is 11.1. The molecular formula is C17H32N4O4. The molecule has 0 aliphatic heterocycles. The molecule has 4 amide bonds. The molecule has 0 aromatic rings. The van der Waals surface area contributed by atoms with E-state index in [2.05, 4.69) is 16.0 Å². The van der Waals surface area contributed by atoms with E-state index in [4.69, 9.17) is 5.73 Å². The molecule has 0 saturated heterocycles. The van der Waals surface area contributed by atoms with E-state index in [0.29, 0.717) is 32.1 Å². The Hall–Kier alpha value is -2.12. The Morgan fingerprint density at radius 3 is 2.16 bits per heavy atom. The number of carbonyl (C=O) groups excluding carboxylic acids is 4. The number of urea groups is 1. The Bertz CT molecular complexity index is 472. The lowest BCUT2D eigenvalue weighted by Gasteiger charge is -2.25. The minimum atomic E-state index is -0.707. The Labute approximate surface area is 149 Å². The highest BCUT2D eigenvalue weighted by Gasteiger charge is 2.27. The van der Waals surface area contributed by atoms with E-state index < -0.39 is 24.0 Å². The monoisotopic (exact) mass is 356 g/mol. The normalized spacial score (nSPS) is 13.7. The fourth-order valence-corrected chi connectivity index (χ4v) is 2.22. The van der Waals surface area contributed by atoms with E-state index in [1.165, 1.54) is 0 Å². The first-order valence-electron chi connectivity index (χ1n) is 8.54. The van der Waals surface area contributed by atoms with Crippen LogP contribution in [0.25, 0.3) is 0 Å². The predicted octanol–water partition coefficient (Wildman–Crippen LogP) is 0.696. The molecule has 0 bridgehead atoms. The number of nitrogens with one attached hydrogen (secondary N) is 3. The van der Waals surface area contributed by atoms with Crippen LogP contribution < -0.4 is 21.7 Å². The summed E-state index contributed by atoms with van der Waals surface area (Å²) in [6.07, 6.45) is 1.82. The van der Waals surface area contributed by atoms with Crippen molar-refractivity contribution in [3.05, 3.63) is 0 Å². The molecule has 25 heavy (non-hydrogen) atoms. The number of amides is 4. The maximum atomic E-state index is 12.4. The largest absolute Gasteiger partial charge is 0.352 e. The van der Waals surface area contributed by atoms with Gasteiger partial charge in [0.2, 0.25) is 11.8 Å². The molecule has 5 N–H and O–H groups in total. The van der Waals surface area contributed by atoms with E-state index in [1.54, 1.807) is 0 Å². The second kappa shape index (κ2) is 10.7. The molecule has 0 rings (SSSR count). The van der Waals surface area contributed by atoms with Crippen molar-refractivity contribution in [3.8, 4) is 0 Å². The van der Waals surface area contributed by atoms with Crippen LogP contribution >= 0.6 is 0 Å². The second-order valence-corrected chi connectivity index (χ2v) is 7.71. The molecule has 0 fully saturated rings. The van der Waals surface area contributed by atoms with Crippen molar-refractivity contribution in [2.45, 2.75) is 66.0 Å². The maximum Gasteiger partial charge on any atom is 0.312 e. The van der Waals surface area contributed by atoms with Gasteiger partial charge in [0.1, 0.15) is 12.3 Å². The molecule has 0 spiro atoms. The van der Waals surface area contributed by atoms with Crippen LogP contribution in [0.4, 0.5) is 4.79 Å². The summed E-state index contributed by atoms with van der Waals surface area (Å²) >= 11 is 0. The summed E-state index contributed by atoms with van der Waals surface area (Å²) in [6.45, 7) is 9.81. The number of rotatable bonds is 10. The van der Waals surface area contributed by atoms with Gasteiger partial charge in [-0.25, -0.2) is 4.79 Å². The second-order valence-electron chi connectivity index (χ2n) is 7.71. The van der Waals surface area contributed by atoms with Gasteiger partial charge in [0.05, 0.1) is 6.04 Å². The van der Waals surface area contributed by atoms with Crippen LogP contribution in [0, 0.1) is 11.3 Å². The lowest BCUT2D eigenvalue weighted by atomic mass is 9.91. The van der Waals surface area contributed by atoms with Gasteiger partial charge in [-0.3, -0.25) is 9.59 Å². The van der Waals surface area contributed by atoms with Crippen LogP contribution in [0.2, 0.25) is 0 Å². The van der Waals surface area contributed by atoms with Gasteiger partial charge in [-0.05, 0) is 24.2 Å². The molecule has 0 radical (unpaired) electrons. The molecule has 0 saturated carbocycles. The number of nitrogens with two attached hydrogens (primary N) is 1. The quantitative estimate of drug-likeness (QED) is 0.339. The van der Waals surface area contributed by atoms with Gasteiger partial charge in [0.25, 0.3) is 0 Å². The number of primary amides is 1. The first-order valence-corrected chi connectivity index (χ1v) is 8.54. The Morgan fingerprint density at radius 2 is 1.72 bits per heavy atom. The zero-order valence-corrected chi connectivity index (χ0v) is 15.8. The maximum absolute atomic E-state index is 12.4. The van der Waals surface area contributed by atoms with Crippen molar-refractivity contribution in [3.63, 3.8) is 0 Å². The van der Waals surface area contributed by atoms with Crippen molar-refractivity contribution in [2.75, 3.05) is 6.54 Å². The van der Waals surface area contributed by atoms with Crippen LogP contribution in [-0.2, 0) is 14.4 Å². The van der Waals surface area contributed by atoms with Crippen molar-refractivity contribution in [1.29, 1.82) is 0 Å². The summed E-state index contributed by atoms with van der Waals surface area (Å²) in [5.74, 6) is -0.709. The standard InChI is InChI=1S/C17H32N4O4/c1-11(2)14(21-13(23)9-17(3,4)5)15(24)20-12(10-22)7-6-8-19-16(18)25/h10-12,14H,6-9H2,1-5H3,(H,20,24)(H,21,23)(H3,18,19,25)/t12-,14?/m0/s1. The highest BCUT2D eigenvalue weighted by atomic mass is 16.2. The fraction of sp³-hybridized carbons (Fsp3) is 0.765. The zero-order valence-electron chi connectivity index (χ0n) is 15.8. The molecule has 0 aliphatic rings. The van der Waals surface area contributed by atoms with Crippen LogP contribution in [0.15, 0.2) is 0 Å². The summed E-state index contributed by atoms with van der Waals surface area (Å²) < 4.78 is 0. The average molecular weight is 356 g/mol. The number of carbonyl (C=O) groups is 4. The van der Waals surface area contributed by atoms with E-state index in [-0.39, 0.29) is 17.2 Å². The number of hydrogen-bond acceptors (Lipinski definition) is 4. The minimum Gasteiger partial charge on any atom is -0.352 e. The molecular weight excluding hydrogens is 324 g/mol. The van der Waals surface area contributed by atoms with E-state index in [1.807, 2.05) is 34.6 Å². The molecule has 0 aromatic heterocycles. The number of hydrogen-bond donors (Lipinski definition) is 4. The van der Waals surface area contributed by atoms with Crippen LogP contribution in [0.3, 0.4) is 0 Å². The molecule has 1 unspecified atom stereocenters. The Morgan fingerprint density at radius 1 is 1.12 bits per heavy atom. The van der Waals surface area contributed by atoms with Gasteiger partial charge in [-0.2, -0.15) is 0 Å². The van der Waals surface area contributed by atoms with E-state index in [9.17, 15) is 19.2 Å². The SMILES string of the molecule is CC(C)C(NC(=O)CC(C)(C)C)C(=O)N[C@H](C=O)CCCNC(N)=O. The van der Waals surface area contributed by atoms with E-state index in [0.717, 1.165) is 0 Å². The molecule has 2 atom stereocenters. The molecule has 8 nitrogen and oxygen atoms in total. The fourth-order valence-electron chi connectivity index (χ4n) is 2.22. The lowest BCUT2D eigenvalue weighted by Crippen LogP contribution is -2.52. The van der Waals surface area contributed by atoms with Gasteiger partial charge in [0, 0.05) is 13.0 Å². The Balaban J connectivity index is 4.62. The molecule has 0 heterocycles. The van der Waals surface area contributed by atoms with Crippen molar-refractivity contribution < 1.29 is 19.2 Å². The van der Waals surface area contributed by atoms with Gasteiger partial charge < -0.3 is 26.5 Å². The highest BCUT2D eigenvalue weighted by molar-refractivity contribution is 5.89. The van der Waals surface area contributed by atoms with Gasteiger partial charge >= 0.3 is 6.03 Å². The summed E-state index contributed by atoms with van der Waals surface area (Å²) in [5, 5.41) is 7.80. The Kier molecular flexibility index (Phi) is 9.78. The molecule has 0 aliphatic carbocycles. The zero-order chi connectivity index (χ0) is 19.6. The topological polar surface area (TPSA) is 130 Å². The third-order valence-corrected chi connectivity index (χ3v) is 3.44. The number of aldehydes is 1. The van der Waals surface area contributed by atoms with Gasteiger partial charge in [0.15, 0.2) is 0 Å². The van der Waals surface area contributed by atoms with E-state index >= 15 is 0 Å². The first kappa shape index (κ1) is 22.9. The summed E-state index contributed by atoms with van der Waals surface area (Å²) in [7, 11) is 0. The highest BCUT2D eigenvalue weighted by Crippen LogP contribution is 2.18. The summed E-state index contributed by atoms with van der Waals surface area (Å²) in [4.78, 5) is 46.3. The van der Waals surface area contributed by atoms with Crippen LogP contribution in [-0.4, -0.2) is 42.8 Å². The van der Waals surface area contributed by atoms with Crippen molar-refractivity contribution >= 4 is 24.1 Å². The van der Waals surface area contributed by atoms with Gasteiger partial charge in [-0.1, -0.05) is 34.6 Å². The first-order chi connectivity index (χ1) is 11.5. The van der Waals surface area contributed by atoms with Crippen molar-refractivity contribution in [2.24, 2.45) is 17.1 Å². The summed E-state index contributed by atoms with van der Waals surface area (Å²) in [6, 6.07) is -2.02.